The number of thioether (sulfide) groups is 1. The summed E-state index contributed by atoms with van der Waals surface area (Å²) in [6.07, 6.45) is 3.88. The summed E-state index contributed by atoms with van der Waals surface area (Å²) in [5.74, 6) is 1.19. The molecule has 0 saturated carbocycles. The van der Waals surface area contributed by atoms with Crippen molar-refractivity contribution in [2.45, 2.75) is 63.9 Å². The average Bonchev–Trinajstić information content (AvgIpc) is 2.33. The molecule has 0 aliphatic heterocycles. The van der Waals surface area contributed by atoms with Gasteiger partial charge in [0.2, 0.25) is 0 Å². The summed E-state index contributed by atoms with van der Waals surface area (Å²) in [6, 6.07) is 6.23. The second kappa shape index (κ2) is 8.18. The zero-order valence-corrected chi connectivity index (χ0v) is 14.1. The van der Waals surface area contributed by atoms with Gasteiger partial charge in [-0.3, -0.25) is 0 Å². The summed E-state index contributed by atoms with van der Waals surface area (Å²) >= 11 is 8.06. The lowest BCUT2D eigenvalue weighted by molar-refractivity contribution is 0.422. The minimum atomic E-state index is 0.131. The normalized spacial score (nSPS) is 11.8. The Bertz CT molecular complexity index is 385. The van der Waals surface area contributed by atoms with Crippen LogP contribution in [-0.2, 0) is 6.54 Å². The first-order valence-corrected chi connectivity index (χ1v) is 8.45. The number of unbranched alkanes of at least 4 members (excludes halogenated alkanes) is 2. The topological polar surface area (TPSA) is 12.0 Å². The fraction of sp³-hybridized carbons (Fsp3) is 0.625. The van der Waals surface area contributed by atoms with Crippen molar-refractivity contribution < 1.29 is 0 Å². The van der Waals surface area contributed by atoms with Crippen molar-refractivity contribution >= 4 is 23.4 Å². The second-order valence-corrected chi connectivity index (χ2v) is 7.48. The quantitative estimate of drug-likeness (QED) is 0.526. The molecule has 0 heterocycles. The summed E-state index contributed by atoms with van der Waals surface area (Å²) in [5.41, 5.74) is 1.44. The molecule has 0 unspecified atom stereocenters. The van der Waals surface area contributed by atoms with Gasteiger partial charge in [-0.15, -0.1) is 11.8 Å². The number of benzene rings is 1. The summed E-state index contributed by atoms with van der Waals surface area (Å²) < 4.78 is 0. The maximum atomic E-state index is 6.11. The molecule has 0 fully saturated rings. The fourth-order valence-electron chi connectivity index (χ4n) is 1.72. The van der Waals surface area contributed by atoms with E-state index in [4.69, 9.17) is 11.6 Å². The maximum Gasteiger partial charge on any atom is 0.0410 e. The van der Waals surface area contributed by atoms with E-state index in [1.807, 2.05) is 17.8 Å². The summed E-state index contributed by atoms with van der Waals surface area (Å²) in [6.45, 7) is 9.68. The number of rotatable bonds is 7. The third-order valence-electron chi connectivity index (χ3n) is 2.84. The number of hydrogen-bond donors (Lipinski definition) is 1. The van der Waals surface area contributed by atoms with E-state index < -0.39 is 0 Å². The molecular formula is C16H26ClNS. The van der Waals surface area contributed by atoms with E-state index in [2.05, 4.69) is 45.1 Å². The Morgan fingerprint density at radius 2 is 1.95 bits per heavy atom. The average molecular weight is 300 g/mol. The van der Waals surface area contributed by atoms with Crippen molar-refractivity contribution in [3.8, 4) is 0 Å². The van der Waals surface area contributed by atoms with Gasteiger partial charge in [0.15, 0.2) is 0 Å². The van der Waals surface area contributed by atoms with Gasteiger partial charge in [-0.25, -0.2) is 0 Å². The Kier molecular flexibility index (Phi) is 7.27. The molecule has 1 N–H and O–H groups in total. The largest absolute Gasteiger partial charge is 0.308 e. The molecule has 0 atom stereocenters. The predicted octanol–water partition coefficient (Wildman–Crippen LogP) is 5.51. The Balaban J connectivity index is 2.63. The number of hydrogen-bond acceptors (Lipinski definition) is 2. The van der Waals surface area contributed by atoms with Gasteiger partial charge in [0.25, 0.3) is 0 Å². The number of nitrogens with one attached hydrogen (secondary N) is 1. The molecule has 108 valence electrons. The molecule has 0 aliphatic carbocycles. The molecule has 0 spiro atoms. The van der Waals surface area contributed by atoms with Crippen LogP contribution in [0.4, 0.5) is 0 Å². The first-order valence-electron chi connectivity index (χ1n) is 7.08. The lowest BCUT2D eigenvalue weighted by Gasteiger charge is -2.21. The highest BCUT2D eigenvalue weighted by atomic mass is 35.5. The molecule has 19 heavy (non-hydrogen) atoms. The summed E-state index contributed by atoms with van der Waals surface area (Å²) in [5, 5.41) is 4.36. The highest BCUT2D eigenvalue weighted by Gasteiger charge is 2.11. The smallest absolute Gasteiger partial charge is 0.0410 e. The molecule has 0 bridgehead atoms. The van der Waals surface area contributed by atoms with Crippen LogP contribution in [0.1, 0.15) is 52.5 Å². The molecule has 3 heteroatoms. The first-order chi connectivity index (χ1) is 8.92. The van der Waals surface area contributed by atoms with Gasteiger partial charge < -0.3 is 5.32 Å². The van der Waals surface area contributed by atoms with Crippen LogP contribution in [0, 0.1) is 0 Å². The molecule has 0 saturated heterocycles. The van der Waals surface area contributed by atoms with E-state index in [9.17, 15) is 0 Å². The molecule has 1 aromatic rings. The lowest BCUT2D eigenvalue weighted by atomic mass is 10.1. The number of halogens is 1. The SMILES string of the molecule is CCCCCSc1ccc(Cl)cc1CNC(C)(C)C. The minimum Gasteiger partial charge on any atom is -0.308 e. The highest BCUT2D eigenvalue weighted by molar-refractivity contribution is 7.99. The van der Waals surface area contributed by atoms with Gasteiger partial charge in [-0.05, 0) is 56.7 Å². The zero-order chi connectivity index (χ0) is 14.3. The Hall–Kier alpha value is -0.180. The molecule has 1 aromatic carbocycles. The molecule has 0 aromatic heterocycles. The standard InChI is InChI=1S/C16H26ClNS/c1-5-6-7-10-19-15-9-8-14(17)11-13(15)12-18-16(2,3)4/h8-9,11,18H,5-7,10,12H2,1-4H3. The molecule has 1 nitrogen and oxygen atoms in total. The van der Waals surface area contributed by atoms with Gasteiger partial charge in [0.05, 0.1) is 0 Å². The third kappa shape index (κ3) is 7.24. The first kappa shape index (κ1) is 16.9. The van der Waals surface area contributed by atoms with E-state index >= 15 is 0 Å². The fourth-order valence-corrected chi connectivity index (χ4v) is 2.97. The van der Waals surface area contributed by atoms with E-state index in [1.54, 1.807) is 0 Å². The lowest BCUT2D eigenvalue weighted by Crippen LogP contribution is -2.35. The molecule has 0 aliphatic rings. The van der Waals surface area contributed by atoms with Gasteiger partial charge in [0, 0.05) is 22.0 Å². The van der Waals surface area contributed by atoms with Gasteiger partial charge in [-0.1, -0.05) is 31.4 Å². The Morgan fingerprint density at radius 1 is 1.21 bits per heavy atom. The summed E-state index contributed by atoms with van der Waals surface area (Å²) in [7, 11) is 0. The van der Waals surface area contributed by atoms with E-state index in [1.165, 1.54) is 35.5 Å². The Morgan fingerprint density at radius 3 is 2.58 bits per heavy atom. The predicted molar refractivity (Wildman–Crippen MR) is 88.3 cm³/mol. The molecule has 0 radical (unpaired) electrons. The second-order valence-electron chi connectivity index (χ2n) is 5.91. The van der Waals surface area contributed by atoms with Crippen LogP contribution in [0.25, 0.3) is 0 Å². The van der Waals surface area contributed by atoms with Crippen molar-refractivity contribution in [2.24, 2.45) is 0 Å². The van der Waals surface area contributed by atoms with Gasteiger partial charge in [-0.2, -0.15) is 0 Å². The van der Waals surface area contributed by atoms with Crippen molar-refractivity contribution in [1.82, 2.24) is 5.32 Å². The van der Waals surface area contributed by atoms with E-state index in [-0.39, 0.29) is 5.54 Å². The van der Waals surface area contributed by atoms with E-state index in [0.29, 0.717) is 0 Å². The minimum absolute atomic E-state index is 0.131. The summed E-state index contributed by atoms with van der Waals surface area (Å²) in [4.78, 5) is 1.36. The van der Waals surface area contributed by atoms with Crippen LogP contribution in [0.15, 0.2) is 23.1 Å². The Labute approximate surface area is 127 Å². The maximum absolute atomic E-state index is 6.11. The van der Waals surface area contributed by atoms with Crippen molar-refractivity contribution in [2.75, 3.05) is 5.75 Å². The van der Waals surface area contributed by atoms with Crippen LogP contribution >= 0.6 is 23.4 Å². The zero-order valence-electron chi connectivity index (χ0n) is 12.6. The third-order valence-corrected chi connectivity index (χ3v) is 4.27. The van der Waals surface area contributed by atoms with Crippen molar-refractivity contribution in [3.05, 3.63) is 28.8 Å². The van der Waals surface area contributed by atoms with Crippen LogP contribution in [-0.4, -0.2) is 11.3 Å². The van der Waals surface area contributed by atoms with Crippen molar-refractivity contribution in [1.29, 1.82) is 0 Å². The monoisotopic (exact) mass is 299 g/mol. The van der Waals surface area contributed by atoms with Crippen LogP contribution in [0.5, 0.6) is 0 Å². The van der Waals surface area contributed by atoms with Crippen LogP contribution < -0.4 is 5.32 Å². The van der Waals surface area contributed by atoms with Gasteiger partial charge >= 0.3 is 0 Å². The highest BCUT2D eigenvalue weighted by Crippen LogP contribution is 2.27. The van der Waals surface area contributed by atoms with E-state index in [0.717, 1.165) is 11.6 Å². The molecular weight excluding hydrogens is 274 g/mol. The molecule has 1 rings (SSSR count). The van der Waals surface area contributed by atoms with Crippen LogP contribution in [0.2, 0.25) is 5.02 Å². The van der Waals surface area contributed by atoms with Gasteiger partial charge in [0.1, 0.15) is 0 Å². The molecule has 0 amide bonds. The van der Waals surface area contributed by atoms with Crippen molar-refractivity contribution in [3.63, 3.8) is 0 Å². The van der Waals surface area contributed by atoms with Crippen LogP contribution in [0.3, 0.4) is 0 Å².